The first-order valence-corrected chi connectivity index (χ1v) is 15.5. The van der Waals surface area contributed by atoms with Crippen LogP contribution in [0.1, 0.15) is 47.2 Å². The molecule has 3 aromatic carbocycles. The molecule has 1 saturated heterocycles. The molecule has 1 fully saturated rings. The van der Waals surface area contributed by atoms with E-state index in [1.54, 1.807) is 6.08 Å². The van der Waals surface area contributed by atoms with Crippen molar-refractivity contribution in [2.75, 3.05) is 5.88 Å². The first kappa shape index (κ1) is 32.0. The average Bonchev–Trinajstić information content (AvgIpc) is 3.30. The highest BCUT2D eigenvalue weighted by atomic mass is 32.2. The lowest BCUT2D eigenvalue weighted by molar-refractivity contribution is -0.147. The third kappa shape index (κ3) is 7.94. The summed E-state index contributed by atoms with van der Waals surface area (Å²) in [5, 5.41) is 17.3. The van der Waals surface area contributed by atoms with Gasteiger partial charge in [0.05, 0.1) is 11.9 Å². The van der Waals surface area contributed by atoms with Gasteiger partial charge < -0.3 is 20.6 Å². The molecule has 226 valence electrons. The second-order valence-electron chi connectivity index (χ2n) is 11.6. The Morgan fingerprint density at radius 1 is 0.953 bits per heavy atom. The van der Waals surface area contributed by atoms with Gasteiger partial charge in [0.1, 0.15) is 6.04 Å². The van der Waals surface area contributed by atoms with Crippen LogP contribution in [0.5, 0.6) is 0 Å². The Morgan fingerprint density at radius 3 is 2.26 bits per heavy atom. The highest BCUT2D eigenvalue weighted by molar-refractivity contribution is 8.00. The fourth-order valence-corrected chi connectivity index (χ4v) is 6.57. The van der Waals surface area contributed by atoms with E-state index in [2.05, 4.69) is 10.6 Å². The van der Waals surface area contributed by atoms with Gasteiger partial charge in [-0.05, 0) is 80.5 Å². The number of amides is 3. The van der Waals surface area contributed by atoms with Crippen LogP contribution in [-0.4, -0.2) is 56.5 Å². The van der Waals surface area contributed by atoms with Gasteiger partial charge in [0, 0.05) is 17.4 Å². The number of nitrogens with one attached hydrogen (secondary N) is 2. The lowest BCUT2D eigenvalue weighted by atomic mass is 9.97. The molecule has 7 nitrogen and oxygen atoms in total. The highest BCUT2D eigenvalue weighted by Crippen LogP contribution is 2.40. The van der Waals surface area contributed by atoms with Crippen LogP contribution in [0.15, 0.2) is 78.9 Å². The summed E-state index contributed by atoms with van der Waals surface area (Å²) >= 11 is 1.49. The largest absolute Gasteiger partial charge is 0.381 e. The molecule has 1 aliphatic rings. The predicted octanol–water partition coefficient (Wildman–Crippen LogP) is 4.71. The molecule has 1 heterocycles. The van der Waals surface area contributed by atoms with Crippen molar-refractivity contribution in [1.29, 1.82) is 0 Å². The van der Waals surface area contributed by atoms with Crippen LogP contribution < -0.4 is 10.6 Å². The summed E-state index contributed by atoms with van der Waals surface area (Å²) in [5.74, 6) is -1.03. The van der Waals surface area contributed by atoms with Crippen LogP contribution in [0.4, 0.5) is 0 Å². The number of thioether (sulfide) groups is 1. The lowest BCUT2D eigenvalue weighted by Crippen LogP contribution is -2.58. The predicted molar refractivity (Wildman–Crippen MR) is 173 cm³/mol. The van der Waals surface area contributed by atoms with Gasteiger partial charge in [0.15, 0.2) is 6.10 Å². The third-order valence-corrected chi connectivity index (χ3v) is 9.37. The van der Waals surface area contributed by atoms with Crippen molar-refractivity contribution < 1.29 is 19.5 Å². The average molecular weight is 600 g/mol. The SMILES string of the molecule is Cc1ccccc1CNC(=O)C1N(C(=O)C(O)C(Cc2ccccc2)NC(=O)/C=C/c2c(C)cccc2C)CSC1(C)C. The molecule has 4 rings (SSSR count). The standard InChI is InChI=1S/C35H41N3O4S/c1-23-12-9-10-17-27(23)21-36-33(41)32-35(4,5)43-22-38(32)34(42)31(40)29(20-26-15-7-6-8-16-26)37-30(39)19-18-28-24(2)13-11-14-25(28)3/h6-19,29,31-32,40H,20-22H2,1-5H3,(H,36,41)(H,37,39)/b19-18+. The molecule has 3 aromatic rings. The Labute approximate surface area is 258 Å². The van der Waals surface area contributed by atoms with Gasteiger partial charge in [0.2, 0.25) is 11.8 Å². The van der Waals surface area contributed by atoms with Gasteiger partial charge in [-0.15, -0.1) is 11.8 Å². The third-order valence-electron chi connectivity index (χ3n) is 8.00. The molecule has 0 spiro atoms. The molecular weight excluding hydrogens is 558 g/mol. The molecule has 3 amide bonds. The number of hydrogen-bond acceptors (Lipinski definition) is 5. The maximum Gasteiger partial charge on any atom is 0.254 e. The Hall–Kier alpha value is -3.88. The fraction of sp³-hybridized carbons (Fsp3) is 0.343. The van der Waals surface area contributed by atoms with Crippen molar-refractivity contribution in [2.45, 2.75) is 70.5 Å². The summed E-state index contributed by atoms with van der Waals surface area (Å²) in [5.41, 5.74) is 5.96. The van der Waals surface area contributed by atoms with Gasteiger partial charge in [-0.3, -0.25) is 14.4 Å². The molecular formula is C35H41N3O4S. The van der Waals surface area contributed by atoms with Gasteiger partial charge >= 0.3 is 0 Å². The first-order chi connectivity index (χ1) is 20.5. The Bertz CT molecular complexity index is 1470. The molecule has 0 bridgehead atoms. The molecule has 0 radical (unpaired) electrons. The zero-order chi connectivity index (χ0) is 31.1. The second-order valence-corrected chi connectivity index (χ2v) is 13.2. The number of carbonyl (C=O) groups is 3. The minimum atomic E-state index is -1.56. The lowest BCUT2D eigenvalue weighted by Gasteiger charge is -2.33. The molecule has 43 heavy (non-hydrogen) atoms. The minimum Gasteiger partial charge on any atom is -0.381 e. The Balaban J connectivity index is 1.53. The van der Waals surface area contributed by atoms with E-state index >= 15 is 0 Å². The zero-order valence-corrected chi connectivity index (χ0v) is 26.3. The zero-order valence-electron chi connectivity index (χ0n) is 25.5. The number of benzene rings is 3. The summed E-state index contributed by atoms with van der Waals surface area (Å²) in [6, 6.07) is 21.5. The van der Waals surface area contributed by atoms with Crippen LogP contribution in [0, 0.1) is 20.8 Å². The molecule has 0 aliphatic carbocycles. The van der Waals surface area contributed by atoms with Gasteiger partial charge in [-0.25, -0.2) is 0 Å². The number of carbonyl (C=O) groups excluding carboxylic acids is 3. The number of nitrogens with zero attached hydrogens (tertiary/aromatic N) is 1. The summed E-state index contributed by atoms with van der Waals surface area (Å²) in [4.78, 5) is 41.9. The van der Waals surface area contributed by atoms with Gasteiger partial charge in [-0.1, -0.05) is 72.8 Å². The van der Waals surface area contributed by atoms with Gasteiger partial charge in [-0.2, -0.15) is 0 Å². The smallest absolute Gasteiger partial charge is 0.254 e. The van der Waals surface area contributed by atoms with E-state index in [4.69, 9.17) is 0 Å². The number of hydrogen-bond donors (Lipinski definition) is 3. The first-order valence-electron chi connectivity index (χ1n) is 14.5. The van der Waals surface area contributed by atoms with E-state index in [0.29, 0.717) is 6.54 Å². The van der Waals surface area contributed by atoms with E-state index in [0.717, 1.165) is 33.4 Å². The van der Waals surface area contributed by atoms with Crippen LogP contribution >= 0.6 is 11.8 Å². The van der Waals surface area contributed by atoms with E-state index < -0.39 is 34.7 Å². The number of aliphatic hydroxyl groups excluding tert-OH is 1. The molecule has 1 aliphatic heterocycles. The van der Waals surface area contributed by atoms with Crippen molar-refractivity contribution in [3.8, 4) is 0 Å². The van der Waals surface area contributed by atoms with Crippen molar-refractivity contribution in [3.63, 3.8) is 0 Å². The normalized spacial score (nSPS) is 17.4. The van der Waals surface area contributed by atoms with E-state index in [-0.39, 0.29) is 18.2 Å². The number of aryl methyl sites for hydroxylation is 3. The van der Waals surface area contributed by atoms with Crippen LogP contribution in [0.25, 0.3) is 6.08 Å². The quantitative estimate of drug-likeness (QED) is 0.293. The highest BCUT2D eigenvalue weighted by Gasteiger charge is 2.49. The molecule has 3 N–H and O–H groups in total. The van der Waals surface area contributed by atoms with E-state index in [1.807, 2.05) is 107 Å². The summed E-state index contributed by atoms with van der Waals surface area (Å²) in [6.45, 7) is 10.1. The monoisotopic (exact) mass is 599 g/mol. The van der Waals surface area contributed by atoms with E-state index in [9.17, 15) is 19.5 Å². The van der Waals surface area contributed by atoms with Crippen molar-refractivity contribution in [1.82, 2.24) is 15.5 Å². The Kier molecular flexibility index (Phi) is 10.5. The minimum absolute atomic E-state index is 0.241. The van der Waals surface area contributed by atoms with Crippen molar-refractivity contribution in [3.05, 3.63) is 112 Å². The van der Waals surface area contributed by atoms with Gasteiger partial charge in [0.25, 0.3) is 5.91 Å². The molecule has 0 aromatic heterocycles. The second kappa shape index (κ2) is 14.1. The molecule has 0 saturated carbocycles. The summed E-state index contributed by atoms with van der Waals surface area (Å²) in [6.07, 6.45) is 1.87. The van der Waals surface area contributed by atoms with Crippen LogP contribution in [0.3, 0.4) is 0 Å². The Morgan fingerprint density at radius 2 is 1.58 bits per heavy atom. The molecule has 3 unspecified atom stereocenters. The van der Waals surface area contributed by atoms with Crippen molar-refractivity contribution >= 4 is 35.6 Å². The number of rotatable bonds is 10. The molecule has 8 heteroatoms. The topological polar surface area (TPSA) is 98.7 Å². The number of aliphatic hydroxyl groups is 1. The summed E-state index contributed by atoms with van der Waals surface area (Å²) in [7, 11) is 0. The summed E-state index contributed by atoms with van der Waals surface area (Å²) < 4.78 is -0.572. The maximum absolute atomic E-state index is 13.9. The molecule has 3 atom stereocenters. The van der Waals surface area contributed by atoms with Crippen molar-refractivity contribution in [2.24, 2.45) is 0 Å². The van der Waals surface area contributed by atoms with E-state index in [1.165, 1.54) is 22.7 Å². The fourth-order valence-electron chi connectivity index (χ4n) is 5.43. The maximum atomic E-state index is 13.9. The van der Waals surface area contributed by atoms with Crippen LogP contribution in [-0.2, 0) is 27.3 Å². The van der Waals surface area contributed by atoms with Crippen LogP contribution in [0.2, 0.25) is 0 Å².